The van der Waals surface area contributed by atoms with E-state index in [2.05, 4.69) is 53.3 Å². The van der Waals surface area contributed by atoms with Crippen LogP contribution in [0.25, 0.3) is 0 Å². The van der Waals surface area contributed by atoms with Crippen LogP contribution in [0.3, 0.4) is 0 Å². The fourth-order valence-corrected chi connectivity index (χ4v) is 11.0. The van der Waals surface area contributed by atoms with E-state index in [0.29, 0.717) is 19.1 Å². The third-order valence-electron chi connectivity index (χ3n) is 15.0. The van der Waals surface area contributed by atoms with Crippen LogP contribution in [0.2, 0.25) is 0 Å². The molecule has 0 radical (unpaired) electrons. The molecular weight excluding hydrogens is 1290 g/mol. The van der Waals surface area contributed by atoms with E-state index in [1.807, 2.05) is 5.32 Å². The zero-order chi connectivity index (χ0) is 72.1. The highest BCUT2D eigenvalue weighted by Gasteiger charge is 2.42. The average Bonchev–Trinajstić information content (AvgIpc) is 1.13. The number of likely N-dealkylation sites (tertiary alicyclic amines) is 2. The van der Waals surface area contributed by atoms with E-state index in [9.17, 15) is 108 Å². The number of phenols is 1. The molecule has 3 rings (SSSR count). The Balaban J connectivity index is 1.76. The van der Waals surface area contributed by atoms with Gasteiger partial charge < -0.3 is 95.7 Å². The molecule has 0 spiro atoms. The van der Waals surface area contributed by atoms with Crippen molar-refractivity contribution in [3.8, 4) is 5.75 Å². The molecule has 0 bridgehead atoms. The smallest absolute Gasteiger partial charge is 0.305 e. The van der Waals surface area contributed by atoms with Gasteiger partial charge in [0.15, 0.2) is 12.2 Å². The number of carboxylic acids is 1. The molecule has 2 aliphatic rings. The number of hydrogen-bond acceptors (Lipinski definition) is 25. The minimum Gasteiger partial charge on any atom is -0.508 e. The number of quaternary nitrogens is 1. The third kappa shape index (κ3) is 27.7. The van der Waals surface area contributed by atoms with Gasteiger partial charge in [0.05, 0.1) is 49.6 Å². The highest BCUT2D eigenvalue weighted by Crippen LogP contribution is 2.27. The lowest BCUT2D eigenvalue weighted by atomic mass is 9.94. The normalized spacial score (nSPS) is 19.9. The predicted molar refractivity (Wildman–Crippen MR) is 335 cm³/mol. The summed E-state index contributed by atoms with van der Waals surface area (Å²) in [4.78, 5) is 190. The van der Waals surface area contributed by atoms with Gasteiger partial charge >= 0.3 is 5.97 Å². The summed E-state index contributed by atoms with van der Waals surface area (Å²) in [5.41, 5.74) is 20.0. The molecular formula is C57H91N16O22S+. The minimum absolute atomic E-state index is 0.00913. The second-order valence-electron chi connectivity index (χ2n) is 23.3. The quantitative estimate of drug-likeness (QED) is 0.00722. The van der Waals surface area contributed by atoms with Crippen molar-refractivity contribution >= 4 is 101 Å². The molecule has 14 atom stereocenters. The van der Waals surface area contributed by atoms with Crippen LogP contribution in [-0.2, 0) is 73.5 Å². The van der Waals surface area contributed by atoms with Gasteiger partial charge in [-0.05, 0) is 75.6 Å². The molecule has 2 saturated heterocycles. The Morgan fingerprint density at radius 2 is 1.31 bits per heavy atom. The Hall–Kier alpha value is -8.54. The summed E-state index contributed by atoms with van der Waals surface area (Å²) in [6, 6.07) is -7.38. The number of carbonyl (C=O) groups is 14. The molecule has 2 heterocycles. The highest BCUT2D eigenvalue weighted by molar-refractivity contribution is 8.00. The van der Waals surface area contributed by atoms with Gasteiger partial charge in [-0.25, -0.2) is 0 Å². The number of nitrogens with one attached hydrogen (secondary N) is 9. The van der Waals surface area contributed by atoms with E-state index >= 15 is 0 Å². The van der Waals surface area contributed by atoms with Crippen LogP contribution in [0.4, 0.5) is 0 Å². The molecule has 1 aromatic rings. The number of benzene rings is 1. The Morgan fingerprint density at radius 3 is 1.90 bits per heavy atom. The summed E-state index contributed by atoms with van der Waals surface area (Å²) < 4.78 is 0. The number of thioether (sulfide) groups is 1. The SMILES string of the molecule is CC(C)CC(NC(=O)CNC(=O)C(O)CSC1CC(=O)N(CCCCN2C[C@H](O)[C@@H](O)[C@H](O)[C@H]2CO)C1=O)C(=O)NC(CCCN=C(N)N)C(=O)NC(CCC(N)=O)C(=O)NC(Cc1ccc(O)cc1)C(=O)NC(=O)C(CC(=O)O)NC(=O)C(CO)NC(C)C(=O)NC([NH3+])C=O. The number of phenolic OH excluding ortho intramolecular Hbond substituents is 1. The summed E-state index contributed by atoms with van der Waals surface area (Å²) >= 11 is 0.828. The number of aliphatic imine (C=N–C) groups is 1. The number of β-amino-alcohol motifs (C(OH)–C–C–N with tert-alkyl or cyclic N) is 1. The van der Waals surface area contributed by atoms with Crippen LogP contribution < -0.4 is 70.8 Å². The molecule has 1 aromatic carbocycles. The van der Waals surface area contributed by atoms with Crippen molar-refractivity contribution in [2.45, 2.75) is 169 Å². The van der Waals surface area contributed by atoms with Gasteiger partial charge in [0.1, 0.15) is 60.3 Å². The van der Waals surface area contributed by atoms with Crippen molar-refractivity contribution < 1.29 is 114 Å². The Kier molecular flexibility index (Phi) is 34.7. The number of aliphatic carboxylic acids is 1. The first kappa shape index (κ1) is 81.7. The van der Waals surface area contributed by atoms with Crippen molar-refractivity contribution in [2.24, 2.45) is 28.1 Å². The molecule has 10 unspecified atom stereocenters. The summed E-state index contributed by atoms with van der Waals surface area (Å²) in [6.45, 7) is 2.49. The topological polar surface area (TPSA) is 634 Å². The molecule has 2 fully saturated rings. The number of primary amides is 1. The number of aldehydes is 1. The Morgan fingerprint density at radius 1 is 0.729 bits per heavy atom. The summed E-state index contributed by atoms with van der Waals surface area (Å²) in [5.74, 6) is -15.0. The number of aliphatic hydroxyl groups is 6. The number of aliphatic hydroxyl groups excluding tert-OH is 6. The van der Waals surface area contributed by atoms with E-state index in [-0.39, 0.29) is 80.8 Å². The highest BCUT2D eigenvalue weighted by atomic mass is 32.2. The number of guanidine groups is 1. The van der Waals surface area contributed by atoms with Crippen LogP contribution in [0.5, 0.6) is 5.75 Å². The van der Waals surface area contributed by atoms with Crippen LogP contribution in [0.1, 0.15) is 84.1 Å². The van der Waals surface area contributed by atoms with E-state index in [0.717, 1.165) is 16.7 Å². The molecule has 39 heteroatoms. The lowest BCUT2D eigenvalue weighted by molar-refractivity contribution is -0.405. The van der Waals surface area contributed by atoms with Gasteiger partial charge in [-0.3, -0.25) is 97.9 Å². The van der Waals surface area contributed by atoms with Gasteiger partial charge in [0, 0.05) is 44.6 Å². The molecule has 2 aliphatic heterocycles. The lowest BCUT2D eigenvalue weighted by Gasteiger charge is -2.43. The van der Waals surface area contributed by atoms with Crippen molar-refractivity contribution in [1.29, 1.82) is 0 Å². The molecule has 0 aromatic heterocycles. The average molecular weight is 1380 g/mol. The van der Waals surface area contributed by atoms with Gasteiger partial charge in [-0.2, -0.15) is 0 Å². The van der Waals surface area contributed by atoms with Crippen molar-refractivity contribution in [1.82, 2.24) is 57.7 Å². The number of aromatic hydroxyl groups is 1. The lowest BCUT2D eigenvalue weighted by Crippen LogP contribution is -2.71. The van der Waals surface area contributed by atoms with Gasteiger partial charge in [-0.15, -0.1) is 11.8 Å². The van der Waals surface area contributed by atoms with Gasteiger partial charge in [0.2, 0.25) is 77.1 Å². The molecule has 38 nitrogen and oxygen atoms in total. The van der Waals surface area contributed by atoms with E-state index in [4.69, 9.17) is 17.2 Å². The summed E-state index contributed by atoms with van der Waals surface area (Å²) in [7, 11) is 0. The number of carboxylic acid groups (broad SMARTS) is 1. The molecule has 96 heavy (non-hydrogen) atoms. The van der Waals surface area contributed by atoms with Crippen molar-refractivity contribution in [2.75, 3.05) is 51.7 Å². The maximum Gasteiger partial charge on any atom is 0.305 e. The van der Waals surface area contributed by atoms with Crippen LogP contribution in [-0.4, -0.2) is 276 Å². The maximum atomic E-state index is 14.3. The number of rotatable bonds is 42. The number of unbranched alkanes of at least 4 members (excludes halogenated alkanes) is 1. The molecule has 0 aliphatic carbocycles. The Bertz CT molecular complexity index is 2910. The largest absolute Gasteiger partial charge is 0.508 e. The van der Waals surface area contributed by atoms with E-state index in [1.165, 1.54) is 31.2 Å². The Labute approximate surface area is 554 Å². The van der Waals surface area contributed by atoms with E-state index in [1.54, 1.807) is 18.7 Å². The number of nitrogens with zero attached hydrogens (tertiary/aromatic N) is 3. The zero-order valence-electron chi connectivity index (χ0n) is 53.3. The van der Waals surface area contributed by atoms with Crippen LogP contribution in [0.15, 0.2) is 29.3 Å². The standard InChI is InChI=1S/C57H90N16O22S/c1-27(2)17-33(65-43(81)21-63-55(94)39(79)26-96-40-20-44(82)73(56(40)95)16-5-4-15-72-22-38(78)47(86)46(85)37(72)24-75)51(90)66-31(7-6-14-62-57(60)61)49(88)67-32(12-13-42(59)80)50(89)68-34(18-29-8-10-30(77)11-9-29)52(91)71-53(92)35(19-45(83)84)69-54(93)36(23-74)64-28(3)48(87)70-41(58)25-76/h8-11,25,27-28,31-41,46-47,64,74-75,77-79,85-86H,4-7,12-24,26,58H2,1-3H3,(H2,59,80)(H,63,94)(H,65,81)(H,66,90)(H,67,88)(H,68,89)(H,69,93)(H,70,87)(H,83,84)(H4,60,61,62)(H,71,91,92)/p+1/t28?,31?,32?,33?,34?,35?,36?,37-,38+,39?,40?,41?,46-,47-/m1/s1. The number of amides is 12. The van der Waals surface area contributed by atoms with E-state index < -0.39 is 206 Å². The van der Waals surface area contributed by atoms with Crippen LogP contribution >= 0.6 is 11.8 Å². The zero-order valence-corrected chi connectivity index (χ0v) is 54.1. The minimum atomic E-state index is -2.06. The number of nitrogens with two attached hydrogens (primary N) is 3. The molecule has 0 saturated carbocycles. The fraction of sp³-hybridized carbons (Fsp3) is 0.632. The molecule has 12 amide bonds. The number of imide groups is 2. The number of hydrogen-bond donors (Lipinski definition) is 21. The number of carbonyl (C=O) groups excluding carboxylic acids is 13. The first-order valence-corrected chi connectivity index (χ1v) is 31.7. The van der Waals surface area contributed by atoms with Crippen molar-refractivity contribution in [3.05, 3.63) is 29.8 Å². The first-order chi connectivity index (χ1) is 45.2. The predicted octanol–water partition coefficient (Wildman–Crippen LogP) is -11.1. The summed E-state index contributed by atoms with van der Waals surface area (Å²) in [5, 5.41) is 100. The molecule has 26 N–H and O–H groups in total. The van der Waals surface area contributed by atoms with Crippen LogP contribution in [0, 0.1) is 5.92 Å². The second-order valence-corrected chi connectivity index (χ2v) is 24.5. The van der Waals surface area contributed by atoms with Gasteiger partial charge in [-0.1, -0.05) is 26.0 Å². The fourth-order valence-electron chi connectivity index (χ4n) is 9.86. The maximum absolute atomic E-state index is 14.3. The summed E-state index contributed by atoms with van der Waals surface area (Å²) in [6.07, 6.45) is -9.39. The third-order valence-corrected chi connectivity index (χ3v) is 16.3. The van der Waals surface area contributed by atoms with Crippen molar-refractivity contribution in [3.63, 3.8) is 0 Å². The molecule has 536 valence electrons. The second kappa shape index (κ2) is 40.8. The number of piperidine rings is 1. The van der Waals surface area contributed by atoms with Gasteiger partial charge in [0.25, 0.3) is 0 Å². The first-order valence-electron chi connectivity index (χ1n) is 30.7. The monoisotopic (exact) mass is 1380 g/mol.